The quantitative estimate of drug-likeness (QED) is 0.665. The molecular formula is C24H33N3O3. The molecule has 0 saturated heterocycles. The first-order valence-corrected chi connectivity index (χ1v) is 10.2. The van der Waals surface area contributed by atoms with Crippen molar-refractivity contribution < 1.29 is 14.3 Å². The molecule has 0 spiro atoms. The molecule has 2 N–H and O–H groups in total. The molecule has 162 valence electrons. The summed E-state index contributed by atoms with van der Waals surface area (Å²) in [4.78, 5) is 27.6. The number of carbonyl (C=O) groups excluding carboxylic acids is 2. The van der Waals surface area contributed by atoms with Crippen LogP contribution in [0.5, 0.6) is 5.75 Å². The van der Waals surface area contributed by atoms with Gasteiger partial charge in [-0.2, -0.15) is 0 Å². The molecule has 0 aromatic heterocycles. The Kier molecular flexibility index (Phi) is 8.42. The average molecular weight is 412 g/mol. The van der Waals surface area contributed by atoms with Crippen molar-refractivity contribution in [2.24, 2.45) is 5.92 Å². The van der Waals surface area contributed by atoms with Gasteiger partial charge < -0.3 is 20.3 Å². The summed E-state index contributed by atoms with van der Waals surface area (Å²) in [5, 5.41) is 5.90. The summed E-state index contributed by atoms with van der Waals surface area (Å²) in [5.41, 5.74) is 2.63. The van der Waals surface area contributed by atoms with Crippen LogP contribution in [0.25, 0.3) is 0 Å². The zero-order valence-corrected chi connectivity index (χ0v) is 18.7. The second kappa shape index (κ2) is 10.8. The Morgan fingerprint density at radius 3 is 2.27 bits per heavy atom. The van der Waals surface area contributed by atoms with Gasteiger partial charge in [-0.1, -0.05) is 43.7 Å². The van der Waals surface area contributed by atoms with Crippen LogP contribution in [0.15, 0.2) is 48.5 Å². The normalized spacial score (nSPS) is 13.1. The van der Waals surface area contributed by atoms with E-state index in [9.17, 15) is 9.59 Å². The number of methoxy groups -OCH3 is 1. The third kappa shape index (κ3) is 6.32. The van der Waals surface area contributed by atoms with Gasteiger partial charge >= 0.3 is 0 Å². The average Bonchev–Trinajstić information content (AvgIpc) is 2.71. The first-order valence-electron chi connectivity index (χ1n) is 10.2. The number of benzene rings is 2. The SMILES string of the molecule is COc1ccc(C(CNC(=O)C(NC(=O)c2cccc(C)c2)C(C)C)N(C)C)cc1. The van der Waals surface area contributed by atoms with Gasteiger partial charge in [-0.05, 0) is 56.8 Å². The number of rotatable bonds is 9. The summed E-state index contributed by atoms with van der Waals surface area (Å²) in [6.45, 7) is 6.22. The zero-order valence-electron chi connectivity index (χ0n) is 18.7. The monoisotopic (exact) mass is 411 g/mol. The van der Waals surface area contributed by atoms with E-state index in [1.807, 2.05) is 77.3 Å². The molecule has 0 radical (unpaired) electrons. The minimum absolute atomic E-state index is 0.000132. The third-order valence-electron chi connectivity index (χ3n) is 5.11. The minimum atomic E-state index is -0.614. The fraction of sp³-hybridized carbons (Fsp3) is 0.417. The number of nitrogens with one attached hydrogen (secondary N) is 2. The number of hydrogen-bond donors (Lipinski definition) is 2. The van der Waals surface area contributed by atoms with Gasteiger partial charge in [0.1, 0.15) is 11.8 Å². The lowest BCUT2D eigenvalue weighted by molar-refractivity contribution is -0.124. The highest BCUT2D eigenvalue weighted by atomic mass is 16.5. The Morgan fingerprint density at radius 2 is 1.73 bits per heavy atom. The Labute approximate surface area is 179 Å². The maximum atomic E-state index is 12.9. The van der Waals surface area contributed by atoms with Crippen molar-refractivity contribution in [2.75, 3.05) is 27.7 Å². The van der Waals surface area contributed by atoms with Crippen LogP contribution in [0.2, 0.25) is 0 Å². The van der Waals surface area contributed by atoms with Crippen LogP contribution in [0, 0.1) is 12.8 Å². The van der Waals surface area contributed by atoms with E-state index >= 15 is 0 Å². The predicted molar refractivity (Wildman–Crippen MR) is 120 cm³/mol. The molecule has 30 heavy (non-hydrogen) atoms. The van der Waals surface area contributed by atoms with Crippen LogP contribution in [0.4, 0.5) is 0 Å². The summed E-state index contributed by atoms with van der Waals surface area (Å²) >= 11 is 0. The topological polar surface area (TPSA) is 70.7 Å². The summed E-state index contributed by atoms with van der Waals surface area (Å²) in [5.74, 6) is 0.315. The van der Waals surface area contributed by atoms with Crippen LogP contribution in [-0.2, 0) is 4.79 Å². The van der Waals surface area contributed by atoms with Crippen molar-refractivity contribution in [1.29, 1.82) is 0 Å². The van der Waals surface area contributed by atoms with E-state index in [2.05, 4.69) is 15.5 Å². The molecule has 2 unspecified atom stereocenters. The van der Waals surface area contributed by atoms with Crippen LogP contribution in [-0.4, -0.2) is 50.5 Å². The number of carbonyl (C=O) groups is 2. The van der Waals surface area contributed by atoms with Crippen molar-refractivity contribution in [3.8, 4) is 5.75 Å². The van der Waals surface area contributed by atoms with Crippen LogP contribution < -0.4 is 15.4 Å². The van der Waals surface area contributed by atoms with Crippen molar-refractivity contribution in [1.82, 2.24) is 15.5 Å². The van der Waals surface area contributed by atoms with E-state index in [-0.39, 0.29) is 23.8 Å². The standard InChI is InChI=1S/C24H33N3O3/c1-16(2)22(26-23(28)19-9-7-8-17(3)14-19)24(29)25-15-21(27(4)5)18-10-12-20(30-6)13-11-18/h7-14,16,21-22H,15H2,1-6H3,(H,25,29)(H,26,28). The highest BCUT2D eigenvalue weighted by Crippen LogP contribution is 2.21. The minimum Gasteiger partial charge on any atom is -0.497 e. The molecule has 0 saturated carbocycles. The molecule has 0 aliphatic heterocycles. The molecule has 2 atom stereocenters. The third-order valence-corrected chi connectivity index (χ3v) is 5.11. The van der Waals surface area contributed by atoms with Gasteiger partial charge in [-0.25, -0.2) is 0 Å². The molecule has 6 heteroatoms. The maximum absolute atomic E-state index is 12.9. The second-order valence-electron chi connectivity index (χ2n) is 8.06. The van der Waals surface area contributed by atoms with E-state index < -0.39 is 6.04 Å². The first-order chi connectivity index (χ1) is 14.2. The molecule has 2 aromatic carbocycles. The van der Waals surface area contributed by atoms with Crippen molar-refractivity contribution >= 4 is 11.8 Å². The lowest BCUT2D eigenvalue weighted by Crippen LogP contribution is -2.51. The summed E-state index contributed by atoms with van der Waals surface area (Å²) in [6.07, 6.45) is 0. The number of amides is 2. The predicted octanol–water partition coefficient (Wildman–Crippen LogP) is 3.18. The van der Waals surface area contributed by atoms with Gasteiger partial charge in [-0.15, -0.1) is 0 Å². The Balaban J connectivity index is 2.06. The molecule has 0 bridgehead atoms. The molecule has 0 aliphatic rings. The summed E-state index contributed by atoms with van der Waals surface area (Å²) in [7, 11) is 5.58. The molecule has 0 fully saturated rings. The fourth-order valence-electron chi connectivity index (χ4n) is 3.28. The molecular weight excluding hydrogens is 378 g/mol. The van der Waals surface area contributed by atoms with Crippen molar-refractivity contribution in [3.05, 3.63) is 65.2 Å². The summed E-state index contributed by atoms with van der Waals surface area (Å²) in [6, 6.07) is 14.5. The Morgan fingerprint density at radius 1 is 1.07 bits per heavy atom. The molecule has 2 rings (SSSR count). The number of aryl methyl sites for hydroxylation is 1. The Hall–Kier alpha value is -2.86. The van der Waals surface area contributed by atoms with Crippen molar-refractivity contribution in [3.63, 3.8) is 0 Å². The van der Waals surface area contributed by atoms with E-state index in [0.29, 0.717) is 12.1 Å². The van der Waals surface area contributed by atoms with Gasteiger partial charge in [0.25, 0.3) is 5.91 Å². The highest BCUT2D eigenvalue weighted by molar-refractivity contribution is 5.97. The smallest absolute Gasteiger partial charge is 0.251 e. The number of hydrogen-bond acceptors (Lipinski definition) is 4. The lowest BCUT2D eigenvalue weighted by atomic mass is 10.0. The van der Waals surface area contributed by atoms with Crippen LogP contribution >= 0.6 is 0 Å². The van der Waals surface area contributed by atoms with E-state index in [1.54, 1.807) is 13.2 Å². The molecule has 0 aliphatic carbocycles. The highest BCUT2D eigenvalue weighted by Gasteiger charge is 2.26. The maximum Gasteiger partial charge on any atom is 0.251 e. The Bertz CT molecular complexity index is 847. The fourth-order valence-corrected chi connectivity index (χ4v) is 3.28. The molecule has 2 amide bonds. The number of ether oxygens (including phenoxy) is 1. The van der Waals surface area contributed by atoms with Crippen LogP contribution in [0.1, 0.15) is 41.4 Å². The molecule has 0 heterocycles. The lowest BCUT2D eigenvalue weighted by Gasteiger charge is -2.27. The number of nitrogens with zero attached hydrogens (tertiary/aromatic N) is 1. The largest absolute Gasteiger partial charge is 0.497 e. The van der Waals surface area contributed by atoms with E-state index in [1.165, 1.54) is 0 Å². The second-order valence-corrected chi connectivity index (χ2v) is 8.06. The van der Waals surface area contributed by atoms with E-state index in [4.69, 9.17) is 4.74 Å². The molecule has 2 aromatic rings. The van der Waals surface area contributed by atoms with Gasteiger partial charge in [-0.3, -0.25) is 9.59 Å². The van der Waals surface area contributed by atoms with Crippen molar-refractivity contribution in [2.45, 2.75) is 32.9 Å². The van der Waals surface area contributed by atoms with Gasteiger partial charge in [0, 0.05) is 12.1 Å². The van der Waals surface area contributed by atoms with Gasteiger partial charge in [0.2, 0.25) is 5.91 Å². The van der Waals surface area contributed by atoms with E-state index in [0.717, 1.165) is 16.9 Å². The molecule has 6 nitrogen and oxygen atoms in total. The summed E-state index contributed by atoms with van der Waals surface area (Å²) < 4.78 is 5.22. The van der Waals surface area contributed by atoms with Gasteiger partial charge in [0.15, 0.2) is 0 Å². The first kappa shape index (κ1) is 23.4. The van der Waals surface area contributed by atoms with Crippen LogP contribution in [0.3, 0.4) is 0 Å². The van der Waals surface area contributed by atoms with Gasteiger partial charge in [0.05, 0.1) is 13.2 Å². The number of likely N-dealkylation sites (N-methyl/N-ethyl adjacent to an activating group) is 1. The zero-order chi connectivity index (χ0) is 22.3.